The molecule has 1 atom stereocenters. The Morgan fingerprint density at radius 1 is 1.26 bits per heavy atom. The van der Waals surface area contributed by atoms with Crippen molar-refractivity contribution in [2.75, 3.05) is 19.8 Å². The quantitative estimate of drug-likeness (QED) is 0.813. The highest BCUT2D eigenvalue weighted by Gasteiger charge is 2.27. The first kappa shape index (κ1) is 15.8. The molecular weight excluding hydrogens is 261 g/mol. The van der Waals surface area contributed by atoms with Gasteiger partial charge in [0.05, 0.1) is 12.7 Å². The van der Waals surface area contributed by atoms with Gasteiger partial charge in [-0.2, -0.15) is 13.2 Å². The van der Waals surface area contributed by atoms with Crippen LogP contribution in [-0.2, 0) is 4.74 Å². The molecule has 0 aliphatic carbocycles. The molecule has 0 bridgehead atoms. The summed E-state index contributed by atoms with van der Waals surface area (Å²) < 4.78 is 45.1. The fourth-order valence-corrected chi connectivity index (χ4v) is 1.49. The predicted molar refractivity (Wildman–Crippen MR) is 64.2 cm³/mol. The van der Waals surface area contributed by atoms with Crippen molar-refractivity contribution in [3.63, 3.8) is 0 Å². The number of halogens is 3. The molecule has 6 heteroatoms. The highest BCUT2D eigenvalue weighted by Crippen LogP contribution is 2.22. The van der Waals surface area contributed by atoms with Crippen LogP contribution in [0.1, 0.15) is 24.2 Å². The summed E-state index contributed by atoms with van der Waals surface area (Å²) in [6.45, 7) is 2.11. The second kappa shape index (κ2) is 6.77. The van der Waals surface area contributed by atoms with Gasteiger partial charge in [0.1, 0.15) is 19.0 Å². The highest BCUT2D eigenvalue weighted by molar-refractivity contribution is 5.36. The molecule has 0 saturated carbocycles. The van der Waals surface area contributed by atoms with Gasteiger partial charge in [-0.1, -0.05) is 6.07 Å². The number of hydrogen-bond donors (Lipinski definition) is 1. The van der Waals surface area contributed by atoms with E-state index in [9.17, 15) is 18.3 Å². The van der Waals surface area contributed by atoms with Crippen LogP contribution in [0.25, 0.3) is 0 Å². The van der Waals surface area contributed by atoms with E-state index in [1.807, 2.05) is 0 Å². The van der Waals surface area contributed by atoms with Crippen LogP contribution in [0, 0.1) is 6.92 Å². The topological polar surface area (TPSA) is 38.7 Å². The standard InChI is InChI=1S/C13H17F3O3/c1-9-7-11(10(2)17)3-4-12(9)19-6-5-18-8-13(14,15)16/h3-4,7,10,17H,5-6,8H2,1-2H3. The predicted octanol–water partition coefficient (Wildman–Crippen LogP) is 3.01. The largest absolute Gasteiger partial charge is 0.491 e. The maximum Gasteiger partial charge on any atom is 0.411 e. The number of ether oxygens (including phenoxy) is 2. The molecule has 0 heterocycles. The zero-order chi connectivity index (χ0) is 14.5. The van der Waals surface area contributed by atoms with Crippen molar-refractivity contribution >= 4 is 0 Å². The molecule has 0 radical (unpaired) electrons. The summed E-state index contributed by atoms with van der Waals surface area (Å²) in [4.78, 5) is 0. The Hall–Kier alpha value is -1.27. The summed E-state index contributed by atoms with van der Waals surface area (Å²) in [5, 5.41) is 9.39. The van der Waals surface area contributed by atoms with Crippen molar-refractivity contribution in [2.45, 2.75) is 26.1 Å². The number of aliphatic hydroxyl groups is 1. The van der Waals surface area contributed by atoms with Gasteiger partial charge in [0, 0.05) is 0 Å². The molecule has 108 valence electrons. The number of hydrogen-bond acceptors (Lipinski definition) is 3. The zero-order valence-electron chi connectivity index (χ0n) is 10.8. The molecule has 1 N–H and O–H groups in total. The summed E-state index contributed by atoms with van der Waals surface area (Å²) in [5.41, 5.74) is 1.58. The summed E-state index contributed by atoms with van der Waals surface area (Å²) in [6, 6.07) is 5.17. The Labute approximate surface area is 110 Å². The third-order valence-corrected chi connectivity index (χ3v) is 2.43. The van der Waals surface area contributed by atoms with Crippen molar-refractivity contribution < 1.29 is 27.8 Å². The van der Waals surface area contributed by atoms with E-state index >= 15 is 0 Å². The lowest BCUT2D eigenvalue weighted by atomic mass is 10.1. The van der Waals surface area contributed by atoms with Crippen LogP contribution in [0.3, 0.4) is 0 Å². The Morgan fingerprint density at radius 3 is 2.47 bits per heavy atom. The molecule has 0 aliphatic heterocycles. The summed E-state index contributed by atoms with van der Waals surface area (Å²) in [7, 11) is 0. The lowest BCUT2D eigenvalue weighted by Gasteiger charge is -2.12. The molecule has 0 aliphatic rings. The van der Waals surface area contributed by atoms with Gasteiger partial charge in [0.2, 0.25) is 0 Å². The first-order valence-electron chi connectivity index (χ1n) is 5.85. The van der Waals surface area contributed by atoms with Crippen molar-refractivity contribution in [1.29, 1.82) is 0 Å². The summed E-state index contributed by atoms with van der Waals surface area (Å²) in [5.74, 6) is 0.569. The van der Waals surface area contributed by atoms with Crippen LogP contribution in [0.5, 0.6) is 5.75 Å². The van der Waals surface area contributed by atoms with Gasteiger partial charge < -0.3 is 14.6 Å². The van der Waals surface area contributed by atoms with Crippen molar-refractivity contribution in [1.82, 2.24) is 0 Å². The molecule has 0 fully saturated rings. The van der Waals surface area contributed by atoms with Crippen molar-refractivity contribution in [3.8, 4) is 5.75 Å². The van der Waals surface area contributed by atoms with Gasteiger partial charge in [-0.3, -0.25) is 0 Å². The van der Waals surface area contributed by atoms with Gasteiger partial charge in [0.15, 0.2) is 0 Å². The minimum Gasteiger partial charge on any atom is -0.491 e. The molecule has 1 aromatic rings. The maximum atomic E-state index is 11.8. The van der Waals surface area contributed by atoms with Crippen LogP contribution in [0.15, 0.2) is 18.2 Å². The summed E-state index contributed by atoms with van der Waals surface area (Å²) >= 11 is 0. The lowest BCUT2D eigenvalue weighted by molar-refractivity contribution is -0.175. The van der Waals surface area contributed by atoms with E-state index in [-0.39, 0.29) is 13.2 Å². The van der Waals surface area contributed by atoms with Crippen LogP contribution >= 0.6 is 0 Å². The van der Waals surface area contributed by atoms with Crippen LogP contribution in [0.4, 0.5) is 13.2 Å². The Bertz CT molecular complexity index is 403. The summed E-state index contributed by atoms with van der Waals surface area (Å²) in [6.07, 6.45) is -4.88. The first-order chi connectivity index (χ1) is 8.79. The monoisotopic (exact) mass is 278 g/mol. The Kier molecular flexibility index (Phi) is 5.62. The fraction of sp³-hybridized carbons (Fsp3) is 0.538. The molecule has 0 saturated heterocycles. The molecule has 1 unspecified atom stereocenters. The van der Waals surface area contributed by atoms with Crippen LogP contribution < -0.4 is 4.74 Å². The number of rotatable bonds is 6. The fourth-order valence-electron chi connectivity index (χ4n) is 1.49. The van der Waals surface area contributed by atoms with E-state index in [1.54, 1.807) is 32.0 Å². The van der Waals surface area contributed by atoms with E-state index < -0.39 is 18.9 Å². The van der Waals surface area contributed by atoms with E-state index in [2.05, 4.69) is 4.74 Å². The first-order valence-corrected chi connectivity index (χ1v) is 5.85. The third-order valence-electron chi connectivity index (χ3n) is 2.43. The number of alkyl halides is 3. The second-order valence-corrected chi connectivity index (χ2v) is 4.22. The number of aliphatic hydroxyl groups excluding tert-OH is 1. The van der Waals surface area contributed by atoms with Gasteiger partial charge in [-0.25, -0.2) is 0 Å². The zero-order valence-corrected chi connectivity index (χ0v) is 10.8. The average molecular weight is 278 g/mol. The molecule has 0 amide bonds. The molecule has 3 nitrogen and oxygen atoms in total. The number of aryl methyl sites for hydroxylation is 1. The SMILES string of the molecule is Cc1cc(C(C)O)ccc1OCCOCC(F)(F)F. The third kappa shape index (κ3) is 5.94. The van der Waals surface area contributed by atoms with Gasteiger partial charge in [-0.15, -0.1) is 0 Å². The normalized spacial score (nSPS) is 13.4. The molecule has 19 heavy (non-hydrogen) atoms. The van der Waals surface area contributed by atoms with Crippen molar-refractivity contribution in [2.24, 2.45) is 0 Å². The number of benzene rings is 1. The Morgan fingerprint density at radius 2 is 1.95 bits per heavy atom. The second-order valence-electron chi connectivity index (χ2n) is 4.22. The van der Waals surface area contributed by atoms with Gasteiger partial charge in [0.25, 0.3) is 0 Å². The van der Waals surface area contributed by atoms with Gasteiger partial charge >= 0.3 is 6.18 Å². The van der Waals surface area contributed by atoms with Gasteiger partial charge in [-0.05, 0) is 37.1 Å². The Balaban J connectivity index is 2.38. The van der Waals surface area contributed by atoms with E-state index in [0.717, 1.165) is 11.1 Å². The minimum atomic E-state index is -4.31. The lowest BCUT2D eigenvalue weighted by Crippen LogP contribution is -2.19. The highest BCUT2D eigenvalue weighted by atomic mass is 19.4. The van der Waals surface area contributed by atoms with E-state index in [1.165, 1.54) is 0 Å². The maximum absolute atomic E-state index is 11.8. The van der Waals surface area contributed by atoms with E-state index in [0.29, 0.717) is 5.75 Å². The van der Waals surface area contributed by atoms with Crippen LogP contribution in [0.2, 0.25) is 0 Å². The average Bonchev–Trinajstić information content (AvgIpc) is 2.28. The molecular formula is C13H17F3O3. The van der Waals surface area contributed by atoms with Crippen molar-refractivity contribution in [3.05, 3.63) is 29.3 Å². The molecule has 1 aromatic carbocycles. The molecule has 0 spiro atoms. The van der Waals surface area contributed by atoms with Crippen LogP contribution in [-0.4, -0.2) is 31.1 Å². The molecule has 0 aromatic heterocycles. The smallest absolute Gasteiger partial charge is 0.411 e. The van der Waals surface area contributed by atoms with E-state index in [4.69, 9.17) is 4.74 Å². The molecule has 1 rings (SSSR count). The minimum absolute atomic E-state index is 0.0466.